The lowest BCUT2D eigenvalue weighted by Gasteiger charge is -2.19. The fourth-order valence-corrected chi connectivity index (χ4v) is 4.55. The number of hydrogen-bond acceptors (Lipinski definition) is 4. The highest BCUT2D eigenvalue weighted by Crippen LogP contribution is 2.37. The van der Waals surface area contributed by atoms with Gasteiger partial charge >= 0.3 is 0 Å². The van der Waals surface area contributed by atoms with E-state index in [0.29, 0.717) is 0 Å². The molecule has 1 aliphatic rings. The third-order valence-corrected chi connectivity index (χ3v) is 6.06. The second-order valence-electron chi connectivity index (χ2n) is 6.44. The molecule has 1 aromatic heterocycles. The molecule has 1 aliphatic heterocycles. The van der Waals surface area contributed by atoms with Crippen molar-refractivity contribution in [3.63, 3.8) is 0 Å². The number of ether oxygens (including phenoxy) is 1. The van der Waals surface area contributed by atoms with Crippen LogP contribution in [0.25, 0.3) is 17.0 Å². The molecule has 0 radical (unpaired) electrons. The van der Waals surface area contributed by atoms with Crippen molar-refractivity contribution in [1.29, 1.82) is 0 Å². The number of nitrogens with zero attached hydrogens (tertiary/aromatic N) is 2. The van der Waals surface area contributed by atoms with Crippen LogP contribution in [0.1, 0.15) is 5.56 Å². The van der Waals surface area contributed by atoms with Crippen molar-refractivity contribution in [2.24, 2.45) is 0 Å². The fraction of sp³-hybridized carbons (Fsp3) is 0. The van der Waals surface area contributed by atoms with Crippen LogP contribution in [0.5, 0.6) is 11.5 Å². The van der Waals surface area contributed by atoms with Gasteiger partial charge in [-0.05, 0) is 52.3 Å². The highest BCUT2D eigenvalue weighted by Gasteiger charge is 2.21. The molecule has 0 saturated carbocycles. The highest BCUT2D eigenvalue weighted by molar-refractivity contribution is 9.10. The Hall–Kier alpha value is -2.48. The number of benzene rings is 3. The maximum atomic E-state index is 5.88. The number of nitrogens with one attached hydrogen (secondary N) is 1. The molecule has 30 heavy (non-hydrogen) atoms. The van der Waals surface area contributed by atoms with Crippen LogP contribution in [0.2, 0.25) is 0 Å². The zero-order valence-corrected chi connectivity index (χ0v) is 19.8. The third-order valence-electron chi connectivity index (χ3n) is 4.50. The summed E-state index contributed by atoms with van der Waals surface area (Å²) < 4.78 is 8.75. The number of aromatic nitrogens is 2. The number of para-hydroxylation sites is 1. The first kappa shape index (κ1) is 20.8. The van der Waals surface area contributed by atoms with Gasteiger partial charge in [0.2, 0.25) is 0 Å². The maximum Gasteiger partial charge on any atom is 0.193 e. The number of thioether (sulfide) groups is 1. The van der Waals surface area contributed by atoms with E-state index in [2.05, 4.69) is 38.9 Å². The lowest BCUT2D eigenvalue weighted by molar-refractivity contribution is 0.482. The first-order valence-corrected chi connectivity index (χ1v) is 10.8. The van der Waals surface area contributed by atoms with Gasteiger partial charge in [0.1, 0.15) is 21.8 Å². The van der Waals surface area contributed by atoms with Crippen LogP contribution < -0.4 is 10.2 Å². The van der Waals surface area contributed by atoms with E-state index in [0.717, 1.165) is 43.8 Å². The number of fused-ring (bicyclic) bond motifs is 1. The van der Waals surface area contributed by atoms with Gasteiger partial charge in [-0.1, -0.05) is 60.3 Å². The van der Waals surface area contributed by atoms with Crippen LogP contribution in [0.3, 0.4) is 0 Å². The number of rotatable bonds is 4. The predicted molar refractivity (Wildman–Crippen MR) is 132 cm³/mol. The van der Waals surface area contributed by atoms with Gasteiger partial charge in [0.05, 0.1) is 5.70 Å². The molecular weight excluding hydrogens is 526 g/mol. The van der Waals surface area contributed by atoms with Gasteiger partial charge in [0.15, 0.2) is 5.16 Å². The number of hydrogen-bond donors (Lipinski definition) is 1. The van der Waals surface area contributed by atoms with Gasteiger partial charge < -0.3 is 4.74 Å². The topological polar surface area (TPSA) is 39.1 Å². The Morgan fingerprint density at radius 3 is 2.13 bits per heavy atom. The Kier molecular flexibility index (Phi) is 6.32. The van der Waals surface area contributed by atoms with Crippen molar-refractivity contribution >= 4 is 50.4 Å². The molecule has 0 amide bonds. The van der Waals surface area contributed by atoms with Gasteiger partial charge in [-0.2, -0.15) is 0 Å². The van der Waals surface area contributed by atoms with Crippen LogP contribution in [-0.4, -0.2) is 9.66 Å². The number of halogens is 2. The normalized spacial score (nSPS) is 12.2. The molecule has 0 aliphatic carbocycles. The van der Waals surface area contributed by atoms with Crippen LogP contribution in [0, 0.1) is 0 Å². The van der Waals surface area contributed by atoms with E-state index in [-0.39, 0.29) is 17.0 Å². The molecule has 0 saturated heterocycles. The second kappa shape index (κ2) is 9.12. The van der Waals surface area contributed by atoms with E-state index in [9.17, 15) is 0 Å². The molecule has 0 fully saturated rings. The van der Waals surface area contributed by atoms with E-state index >= 15 is 0 Å². The zero-order chi connectivity index (χ0) is 19.6. The van der Waals surface area contributed by atoms with Crippen molar-refractivity contribution in [3.05, 3.63) is 101 Å². The van der Waals surface area contributed by atoms with E-state index < -0.39 is 0 Å². The van der Waals surface area contributed by atoms with Crippen LogP contribution in [0.15, 0.2) is 100 Å². The van der Waals surface area contributed by atoms with E-state index in [1.54, 1.807) is 11.8 Å². The number of imidazole rings is 1. The predicted octanol–water partition coefficient (Wildman–Crippen LogP) is 7.33. The van der Waals surface area contributed by atoms with Gasteiger partial charge in [-0.15, -0.1) is 17.0 Å². The van der Waals surface area contributed by atoms with Crippen molar-refractivity contribution in [2.75, 3.05) is 5.43 Å². The molecule has 0 unspecified atom stereocenters. The third kappa shape index (κ3) is 4.19. The Morgan fingerprint density at radius 1 is 0.800 bits per heavy atom. The lowest BCUT2D eigenvalue weighted by Crippen LogP contribution is -2.17. The molecule has 5 rings (SSSR count). The second-order valence-corrected chi connectivity index (χ2v) is 8.02. The minimum absolute atomic E-state index is 0. The standard InChI is InChI=1S/C23H16BrN3OS.BrH/c24-22-21(17-7-3-1-4-8-17)25-23-27(22)26-20(15-29-23)16-11-13-19(14-12-16)28-18-9-5-2-6-10-18;/h1-15,26H;1H. The Balaban J connectivity index is 0.00000218. The smallest absolute Gasteiger partial charge is 0.193 e. The van der Waals surface area contributed by atoms with Crippen molar-refractivity contribution < 1.29 is 4.74 Å². The van der Waals surface area contributed by atoms with E-state index in [1.807, 2.05) is 77.5 Å². The van der Waals surface area contributed by atoms with Gasteiger partial charge in [0.25, 0.3) is 0 Å². The molecular formula is C23H17Br2N3OS. The summed E-state index contributed by atoms with van der Waals surface area (Å²) in [6, 6.07) is 28.0. The molecule has 4 nitrogen and oxygen atoms in total. The van der Waals surface area contributed by atoms with Gasteiger partial charge in [0, 0.05) is 16.5 Å². The minimum atomic E-state index is 0. The largest absolute Gasteiger partial charge is 0.457 e. The average Bonchev–Trinajstić information content (AvgIpc) is 3.12. The molecule has 0 spiro atoms. The summed E-state index contributed by atoms with van der Waals surface area (Å²) in [5, 5.41) is 2.97. The first-order chi connectivity index (χ1) is 14.3. The highest BCUT2D eigenvalue weighted by atomic mass is 79.9. The van der Waals surface area contributed by atoms with Crippen molar-refractivity contribution in [1.82, 2.24) is 9.66 Å². The summed E-state index contributed by atoms with van der Waals surface area (Å²) in [7, 11) is 0. The summed E-state index contributed by atoms with van der Waals surface area (Å²) in [6.07, 6.45) is 0. The van der Waals surface area contributed by atoms with Crippen LogP contribution >= 0.6 is 44.7 Å². The molecule has 4 aromatic rings. The molecule has 1 N–H and O–H groups in total. The van der Waals surface area contributed by atoms with Crippen molar-refractivity contribution in [2.45, 2.75) is 5.16 Å². The molecule has 7 heteroatoms. The molecule has 2 heterocycles. The van der Waals surface area contributed by atoms with E-state index in [1.165, 1.54) is 0 Å². The van der Waals surface area contributed by atoms with Crippen molar-refractivity contribution in [3.8, 4) is 22.8 Å². The minimum Gasteiger partial charge on any atom is -0.457 e. The molecule has 150 valence electrons. The molecule has 3 aromatic carbocycles. The van der Waals surface area contributed by atoms with Crippen LogP contribution in [0.4, 0.5) is 0 Å². The first-order valence-electron chi connectivity index (χ1n) is 9.09. The molecule has 0 bridgehead atoms. The average molecular weight is 543 g/mol. The fourth-order valence-electron chi connectivity index (χ4n) is 3.06. The SMILES string of the molecule is Br.Brc1c(-c2ccccc2)nc2n1NC(c1ccc(Oc3ccccc3)cc1)=CS2. The summed E-state index contributed by atoms with van der Waals surface area (Å²) in [6.45, 7) is 0. The maximum absolute atomic E-state index is 5.88. The van der Waals surface area contributed by atoms with Gasteiger partial charge in [-0.3, -0.25) is 5.43 Å². The summed E-state index contributed by atoms with van der Waals surface area (Å²) in [4.78, 5) is 4.76. The summed E-state index contributed by atoms with van der Waals surface area (Å²) in [5.74, 6) is 1.63. The zero-order valence-electron chi connectivity index (χ0n) is 15.7. The Bertz CT molecular complexity index is 1180. The Morgan fingerprint density at radius 2 is 1.43 bits per heavy atom. The summed E-state index contributed by atoms with van der Waals surface area (Å²) >= 11 is 5.29. The van der Waals surface area contributed by atoms with Crippen LogP contribution in [-0.2, 0) is 0 Å². The monoisotopic (exact) mass is 541 g/mol. The quantitative estimate of drug-likeness (QED) is 0.293. The summed E-state index contributed by atoms with van der Waals surface area (Å²) in [5.41, 5.74) is 7.52. The lowest BCUT2D eigenvalue weighted by atomic mass is 10.2. The van der Waals surface area contributed by atoms with E-state index in [4.69, 9.17) is 9.72 Å². The Labute approximate surface area is 197 Å². The van der Waals surface area contributed by atoms with Gasteiger partial charge in [-0.25, -0.2) is 9.66 Å². The molecule has 0 atom stereocenters.